The summed E-state index contributed by atoms with van der Waals surface area (Å²) in [6, 6.07) is 12.8. The van der Waals surface area contributed by atoms with Crippen molar-refractivity contribution in [1.29, 1.82) is 0 Å². The van der Waals surface area contributed by atoms with Gasteiger partial charge in [0.15, 0.2) is 0 Å². The second kappa shape index (κ2) is 6.53. The van der Waals surface area contributed by atoms with Crippen LogP contribution in [0.15, 0.2) is 42.6 Å². The van der Waals surface area contributed by atoms with E-state index in [4.69, 9.17) is 5.73 Å². The predicted molar refractivity (Wildman–Crippen MR) is 85.4 cm³/mol. The molecule has 1 aromatic heterocycles. The molecule has 0 bridgehead atoms. The van der Waals surface area contributed by atoms with Crippen molar-refractivity contribution in [3.8, 4) is 0 Å². The van der Waals surface area contributed by atoms with Gasteiger partial charge in [-0.05, 0) is 49.1 Å². The maximum absolute atomic E-state index is 5.97. The highest BCUT2D eigenvalue weighted by Crippen LogP contribution is 2.22. The quantitative estimate of drug-likeness (QED) is 0.904. The number of hydrogen-bond acceptors (Lipinski definition) is 3. The van der Waals surface area contributed by atoms with E-state index in [9.17, 15) is 0 Å². The van der Waals surface area contributed by atoms with Gasteiger partial charge in [-0.1, -0.05) is 25.1 Å². The van der Waals surface area contributed by atoms with Crippen molar-refractivity contribution < 1.29 is 0 Å². The van der Waals surface area contributed by atoms with Crippen LogP contribution in [0.2, 0.25) is 0 Å². The lowest BCUT2D eigenvalue weighted by Crippen LogP contribution is -2.21. The highest BCUT2D eigenvalue weighted by atomic mass is 15.2. The van der Waals surface area contributed by atoms with Crippen LogP contribution in [0, 0.1) is 6.92 Å². The number of nitrogens with zero attached hydrogens (tertiary/aromatic N) is 2. The topological polar surface area (TPSA) is 42.1 Å². The highest BCUT2D eigenvalue weighted by Gasteiger charge is 2.06. The van der Waals surface area contributed by atoms with Crippen molar-refractivity contribution in [2.45, 2.75) is 32.7 Å². The van der Waals surface area contributed by atoms with Crippen LogP contribution in [0.1, 0.15) is 24.5 Å². The Bertz CT molecular complexity index is 548. The molecule has 1 aromatic carbocycles. The largest absolute Gasteiger partial charge is 0.329 e. The number of aryl methyl sites for hydroxylation is 1. The Morgan fingerprint density at radius 2 is 2.05 bits per heavy atom. The molecule has 2 aromatic rings. The first kappa shape index (κ1) is 14.5. The number of rotatable bonds is 5. The summed E-state index contributed by atoms with van der Waals surface area (Å²) in [6.45, 7) is 4.21. The molecule has 2 N–H and O–H groups in total. The zero-order chi connectivity index (χ0) is 14.5. The molecule has 2 rings (SSSR count). The minimum atomic E-state index is 0.220. The summed E-state index contributed by atoms with van der Waals surface area (Å²) in [7, 11) is 2.04. The Labute approximate surface area is 121 Å². The summed E-state index contributed by atoms with van der Waals surface area (Å²) in [5, 5.41) is 0. The highest BCUT2D eigenvalue weighted by molar-refractivity contribution is 5.59. The Morgan fingerprint density at radius 3 is 2.65 bits per heavy atom. The maximum Gasteiger partial charge on any atom is 0.132 e. The van der Waals surface area contributed by atoms with E-state index < -0.39 is 0 Å². The molecule has 0 fully saturated rings. The molecular formula is C17H23N3. The standard InChI is InChI=1S/C17H23N3/c1-4-15(18)11-14-8-9-17(19-12-14)20(3)16-7-5-6-13(2)10-16/h5-10,12,15H,4,11,18H2,1-3H3. The molecular weight excluding hydrogens is 246 g/mol. The van der Waals surface area contributed by atoms with Crippen LogP contribution in [-0.2, 0) is 6.42 Å². The third-order valence-corrected chi connectivity index (χ3v) is 3.56. The molecule has 1 heterocycles. The SMILES string of the molecule is CCC(N)Cc1ccc(N(C)c2cccc(C)c2)nc1. The number of anilines is 2. The van der Waals surface area contributed by atoms with Crippen molar-refractivity contribution in [2.75, 3.05) is 11.9 Å². The summed E-state index contributed by atoms with van der Waals surface area (Å²) in [6.07, 6.45) is 3.81. The molecule has 3 nitrogen and oxygen atoms in total. The van der Waals surface area contributed by atoms with Crippen LogP contribution in [0.5, 0.6) is 0 Å². The fourth-order valence-corrected chi connectivity index (χ4v) is 2.15. The van der Waals surface area contributed by atoms with Crippen molar-refractivity contribution in [3.63, 3.8) is 0 Å². The fourth-order valence-electron chi connectivity index (χ4n) is 2.15. The van der Waals surface area contributed by atoms with Crippen LogP contribution in [0.3, 0.4) is 0 Å². The molecule has 106 valence electrons. The van der Waals surface area contributed by atoms with Gasteiger partial charge in [0.2, 0.25) is 0 Å². The summed E-state index contributed by atoms with van der Waals surface area (Å²) < 4.78 is 0. The van der Waals surface area contributed by atoms with E-state index in [1.165, 1.54) is 11.1 Å². The van der Waals surface area contributed by atoms with Gasteiger partial charge < -0.3 is 10.6 Å². The zero-order valence-corrected chi connectivity index (χ0v) is 12.5. The number of aromatic nitrogens is 1. The van der Waals surface area contributed by atoms with E-state index in [0.717, 1.165) is 24.3 Å². The summed E-state index contributed by atoms with van der Waals surface area (Å²) >= 11 is 0. The van der Waals surface area contributed by atoms with Gasteiger partial charge in [0.1, 0.15) is 5.82 Å². The van der Waals surface area contributed by atoms with Crippen LogP contribution in [0.25, 0.3) is 0 Å². The fraction of sp³-hybridized carbons (Fsp3) is 0.353. The summed E-state index contributed by atoms with van der Waals surface area (Å²) in [5.41, 5.74) is 9.57. The van der Waals surface area contributed by atoms with Gasteiger partial charge in [0, 0.05) is 25.0 Å². The molecule has 0 spiro atoms. The van der Waals surface area contributed by atoms with Crippen LogP contribution < -0.4 is 10.6 Å². The van der Waals surface area contributed by atoms with E-state index in [1.807, 2.05) is 13.2 Å². The van der Waals surface area contributed by atoms with Gasteiger partial charge in [0.05, 0.1) is 0 Å². The van der Waals surface area contributed by atoms with E-state index in [1.54, 1.807) is 0 Å². The van der Waals surface area contributed by atoms with Crippen LogP contribution in [0.4, 0.5) is 11.5 Å². The molecule has 1 atom stereocenters. The number of nitrogens with two attached hydrogens (primary N) is 1. The molecule has 20 heavy (non-hydrogen) atoms. The first-order valence-corrected chi connectivity index (χ1v) is 7.11. The van der Waals surface area contributed by atoms with Gasteiger partial charge in [-0.15, -0.1) is 0 Å². The van der Waals surface area contributed by atoms with E-state index in [0.29, 0.717) is 0 Å². The lowest BCUT2D eigenvalue weighted by Gasteiger charge is -2.19. The zero-order valence-electron chi connectivity index (χ0n) is 12.5. The first-order valence-electron chi connectivity index (χ1n) is 7.11. The van der Waals surface area contributed by atoms with Crippen LogP contribution >= 0.6 is 0 Å². The van der Waals surface area contributed by atoms with Crippen molar-refractivity contribution in [2.24, 2.45) is 5.73 Å². The second-order valence-corrected chi connectivity index (χ2v) is 5.30. The average Bonchev–Trinajstić information content (AvgIpc) is 2.47. The van der Waals surface area contributed by atoms with E-state index >= 15 is 0 Å². The number of benzene rings is 1. The Kier molecular flexibility index (Phi) is 4.74. The number of pyridine rings is 1. The lowest BCUT2D eigenvalue weighted by molar-refractivity contribution is 0.645. The van der Waals surface area contributed by atoms with E-state index in [2.05, 4.69) is 60.1 Å². The number of hydrogen-bond donors (Lipinski definition) is 1. The molecule has 0 saturated carbocycles. The Hall–Kier alpha value is -1.87. The predicted octanol–water partition coefficient (Wildman–Crippen LogP) is 3.44. The average molecular weight is 269 g/mol. The Morgan fingerprint density at radius 1 is 1.25 bits per heavy atom. The molecule has 0 radical (unpaired) electrons. The molecule has 3 heteroatoms. The summed E-state index contributed by atoms with van der Waals surface area (Å²) in [5.74, 6) is 0.949. The van der Waals surface area contributed by atoms with Gasteiger partial charge in [-0.25, -0.2) is 4.98 Å². The minimum absolute atomic E-state index is 0.220. The lowest BCUT2D eigenvalue weighted by atomic mass is 10.1. The third-order valence-electron chi connectivity index (χ3n) is 3.56. The van der Waals surface area contributed by atoms with Gasteiger partial charge >= 0.3 is 0 Å². The monoisotopic (exact) mass is 269 g/mol. The van der Waals surface area contributed by atoms with Gasteiger partial charge in [-0.2, -0.15) is 0 Å². The summed E-state index contributed by atoms with van der Waals surface area (Å²) in [4.78, 5) is 6.64. The third kappa shape index (κ3) is 3.58. The van der Waals surface area contributed by atoms with E-state index in [-0.39, 0.29) is 6.04 Å². The molecule has 0 aliphatic rings. The Balaban J connectivity index is 2.13. The first-order chi connectivity index (χ1) is 9.60. The van der Waals surface area contributed by atoms with Gasteiger partial charge in [0.25, 0.3) is 0 Å². The van der Waals surface area contributed by atoms with Crippen molar-refractivity contribution in [3.05, 3.63) is 53.7 Å². The van der Waals surface area contributed by atoms with Crippen LogP contribution in [-0.4, -0.2) is 18.1 Å². The minimum Gasteiger partial charge on any atom is -0.329 e. The van der Waals surface area contributed by atoms with Gasteiger partial charge in [-0.3, -0.25) is 0 Å². The maximum atomic E-state index is 5.97. The smallest absolute Gasteiger partial charge is 0.132 e. The molecule has 0 aliphatic heterocycles. The molecule has 0 aliphatic carbocycles. The van der Waals surface area contributed by atoms with Crippen molar-refractivity contribution in [1.82, 2.24) is 4.98 Å². The second-order valence-electron chi connectivity index (χ2n) is 5.30. The van der Waals surface area contributed by atoms with Crippen molar-refractivity contribution >= 4 is 11.5 Å². The molecule has 0 amide bonds. The molecule has 1 unspecified atom stereocenters. The normalized spacial score (nSPS) is 12.2. The molecule has 0 saturated heterocycles.